The van der Waals surface area contributed by atoms with Crippen LogP contribution in [0, 0.1) is 0 Å². The maximum absolute atomic E-state index is 11.4. The van der Waals surface area contributed by atoms with Crippen LogP contribution in [0.25, 0.3) is 0 Å². The molecule has 0 amide bonds. The summed E-state index contributed by atoms with van der Waals surface area (Å²) >= 11 is 4.89. The van der Waals surface area contributed by atoms with Gasteiger partial charge in [-0.25, -0.2) is 9.78 Å². The fraction of sp³-hybridized carbons (Fsp3) is 0.333. The van der Waals surface area contributed by atoms with E-state index in [4.69, 9.17) is 0 Å². The molecule has 1 aromatic rings. The summed E-state index contributed by atoms with van der Waals surface area (Å²) in [7, 11) is 1.37. The number of halogens is 1. The Morgan fingerprint density at radius 1 is 1.71 bits per heavy atom. The molecule has 0 saturated heterocycles. The van der Waals surface area contributed by atoms with E-state index in [0.717, 1.165) is 11.3 Å². The lowest BCUT2D eigenvalue weighted by Crippen LogP contribution is -2.07. The molecule has 0 atom stereocenters. The topological polar surface area (TPSA) is 39.2 Å². The monoisotopic (exact) mass is 275 g/mol. The van der Waals surface area contributed by atoms with Gasteiger partial charge >= 0.3 is 5.97 Å². The lowest BCUT2D eigenvalue weighted by molar-refractivity contribution is 0.0598. The Bertz CT molecular complexity index is 344. The molecule has 76 valence electrons. The van der Waals surface area contributed by atoms with E-state index in [9.17, 15) is 4.79 Å². The molecule has 1 heterocycles. The number of aromatic nitrogens is 1. The number of hydrogen-bond acceptors (Lipinski definition) is 4. The van der Waals surface area contributed by atoms with E-state index >= 15 is 0 Å². The molecule has 0 aromatic carbocycles. The fourth-order valence-corrected chi connectivity index (χ4v) is 2.15. The summed E-state index contributed by atoms with van der Waals surface area (Å²) in [5.74, 6) is 0.417. The summed E-state index contributed by atoms with van der Waals surface area (Å²) in [6, 6.07) is 1.83. The molecule has 0 aliphatic rings. The van der Waals surface area contributed by atoms with Crippen molar-refractivity contribution in [2.24, 2.45) is 0 Å². The summed E-state index contributed by atoms with van der Waals surface area (Å²) in [5, 5.41) is 0. The molecule has 0 unspecified atom stereocenters. The molecule has 0 fully saturated rings. The molecule has 0 aliphatic carbocycles. The molecule has 0 radical (unpaired) electrons. The molecular weight excluding hydrogens is 266 g/mol. The molecule has 0 bridgehead atoms. The second-order valence-corrected chi connectivity index (χ2v) is 4.18. The summed E-state index contributed by atoms with van der Waals surface area (Å²) in [5.41, 5.74) is 1.45. The Morgan fingerprint density at radius 3 is 3.00 bits per heavy atom. The highest BCUT2D eigenvalue weighted by molar-refractivity contribution is 9.10. The van der Waals surface area contributed by atoms with Crippen molar-refractivity contribution in [1.29, 1.82) is 0 Å². The van der Waals surface area contributed by atoms with Gasteiger partial charge < -0.3 is 4.74 Å². The van der Waals surface area contributed by atoms with E-state index in [1.165, 1.54) is 7.11 Å². The predicted octanol–water partition coefficient (Wildman–Crippen LogP) is 2.49. The molecule has 1 rings (SSSR count). The van der Waals surface area contributed by atoms with Crippen molar-refractivity contribution in [1.82, 2.24) is 4.98 Å². The van der Waals surface area contributed by atoms with Crippen LogP contribution in [-0.2, 0) is 10.5 Å². The van der Waals surface area contributed by atoms with Crippen LogP contribution in [0.15, 0.2) is 16.9 Å². The molecular formula is C9H10BrNO2S. The number of esters is 1. The molecule has 5 heteroatoms. The lowest BCUT2D eigenvalue weighted by Gasteiger charge is -2.07. The van der Waals surface area contributed by atoms with Crippen LogP contribution in [0.1, 0.15) is 15.9 Å². The first-order chi connectivity index (χ1) is 6.70. The van der Waals surface area contributed by atoms with Gasteiger partial charge in [0.1, 0.15) is 4.60 Å². The van der Waals surface area contributed by atoms with Crippen LogP contribution in [-0.4, -0.2) is 24.3 Å². The first kappa shape index (κ1) is 11.5. The van der Waals surface area contributed by atoms with E-state index in [2.05, 4.69) is 25.7 Å². The van der Waals surface area contributed by atoms with Gasteiger partial charge in [0.2, 0.25) is 0 Å². The minimum atomic E-state index is -0.353. The minimum absolute atomic E-state index is 0.353. The zero-order chi connectivity index (χ0) is 10.6. The van der Waals surface area contributed by atoms with Gasteiger partial charge in [-0.15, -0.1) is 0 Å². The van der Waals surface area contributed by atoms with Crippen molar-refractivity contribution >= 4 is 33.7 Å². The highest BCUT2D eigenvalue weighted by atomic mass is 79.9. The Hall–Kier alpha value is -0.550. The number of carbonyl (C=O) groups is 1. The zero-order valence-electron chi connectivity index (χ0n) is 7.91. The van der Waals surface area contributed by atoms with E-state index < -0.39 is 0 Å². The average Bonchev–Trinajstić information content (AvgIpc) is 2.18. The van der Waals surface area contributed by atoms with E-state index in [-0.39, 0.29) is 5.97 Å². The molecule has 0 N–H and O–H groups in total. The van der Waals surface area contributed by atoms with Crippen LogP contribution >= 0.6 is 27.7 Å². The van der Waals surface area contributed by atoms with E-state index in [1.807, 2.05) is 12.3 Å². The second-order valence-electron chi connectivity index (χ2n) is 2.56. The normalized spacial score (nSPS) is 9.93. The third kappa shape index (κ3) is 2.48. The first-order valence-corrected chi connectivity index (χ1v) is 6.10. The first-order valence-electron chi connectivity index (χ1n) is 3.91. The summed E-state index contributed by atoms with van der Waals surface area (Å²) in [4.78, 5) is 15.4. The SMILES string of the molecule is COC(=O)c1c(CSC)ccnc1Br. The van der Waals surface area contributed by atoms with Gasteiger partial charge in [-0.3, -0.25) is 0 Å². The maximum Gasteiger partial charge on any atom is 0.340 e. The van der Waals surface area contributed by atoms with Crippen LogP contribution in [0.4, 0.5) is 0 Å². The third-order valence-corrected chi connectivity index (χ3v) is 2.88. The number of ether oxygens (including phenoxy) is 1. The van der Waals surface area contributed by atoms with Crippen molar-refractivity contribution in [2.75, 3.05) is 13.4 Å². The van der Waals surface area contributed by atoms with Crippen LogP contribution in [0.3, 0.4) is 0 Å². The van der Waals surface area contributed by atoms with Gasteiger partial charge in [-0.1, -0.05) is 0 Å². The maximum atomic E-state index is 11.4. The Kier molecular flexibility index (Phi) is 4.41. The molecule has 1 aromatic heterocycles. The number of thioether (sulfide) groups is 1. The molecule has 14 heavy (non-hydrogen) atoms. The highest BCUT2D eigenvalue weighted by Gasteiger charge is 2.15. The zero-order valence-corrected chi connectivity index (χ0v) is 10.3. The van der Waals surface area contributed by atoms with Crippen LogP contribution in [0.2, 0.25) is 0 Å². The largest absolute Gasteiger partial charge is 0.465 e. The second kappa shape index (κ2) is 5.36. The van der Waals surface area contributed by atoms with Gasteiger partial charge in [0.05, 0.1) is 12.7 Å². The van der Waals surface area contributed by atoms with Crippen molar-refractivity contribution in [3.8, 4) is 0 Å². The lowest BCUT2D eigenvalue weighted by atomic mass is 10.2. The molecule has 0 spiro atoms. The third-order valence-electron chi connectivity index (χ3n) is 1.68. The predicted molar refractivity (Wildman–Crippen MR) is 60.5 cm³/mol. The van der Waals surface area contributed by atoms with Gasteiger partial charge in [-0.2, -0.15) is 11.8 Å². The van der Waals surface area contributed by atoms with Crippen LogP contribution in [0.5, 0.6) is 0 Å². The standard InChI is InChI=1S/C9H10BrNO2S/c1-13-9(12)7-6(5-14-2)3-4-11-8(7)10/h3-4H,5H2,1-2H3. The van der Waals surface area contributed by atoms with Crippen LogP contribution < -0.4 is 0 Å². The van der Waals surface area contributed by atoms with Gasteiger partial charge in [0, 0.05) is 11.9 Å². The average molecular weight is 276 g/mol. The van der Waals surface area contributed by atoms with Gasteiger partial charge in [-0.05, 0) is 33.8 Å². The highest BCUT2D eigenvalue weighted by Crippen LogP contribution is 2.21. The minimum Gasteiger partial charge on any atom is -0.465 e. The smallest absolute Gasteiger partial charge is 0.340 e. The number of rotatable bonds is 3. The molecule has 3 nitrogen and oxygen atoms in total. The Balaban J connectivity index is 3.15. The van der Waals surface area contributed by atoms with Gasteiger partial charge in [0.15, 0.2) is 0 Å². The van der Waals surface area contributed by atoms with Crippen molar-refractivity contribution in [3.63, 3.8) is 0 Å². The van der Waals surface area contributed by atoms with Crippen molar-refractivity contribution in [3.05, 3.63) is 28.0 Å². The summed E-state index contributed by atoms with van der Waals surface area (Å²) in [6.45, 7) is 0. The summed E-state index contributed by atoms with van der Waals surface area (Å²) < 4.78 is 5.22. The number of methoxy groups -OCH3 is 1. The Labute approximate surface area is 95.4 Å². The summed E-state index contributed by atoms with van der Waals surface area (Å²) in [6.07, 6.45) is 3.65. The number of nitrogens with zero attached hydrogens (tertiary/aromatic N) is 1. The number of hydrogen-bond donors (Lipinski definition) is 0. The van der Waals surface area contributed by atoms with E-state index in [0.29, 0.717) is 10.2 Å². The quantitative estimate of drug-likeness (QED) is 0.628. The van der Waals surface area contributed by atoms with Crippen molar-refractivity contribution in [2.45, 2.75) is 5.75 Å². The van der Waals surface area contributed by atoms with Crippen molar-refractivity contribution < 1.29 is 9.53 Å². The number of carbonyl (C=O) groups excluding carboxylic acids is 1. The Morgan fingerprint density at radius 2 is 2.43 bits per heavy atom. The van der Waals surface area contributed by atoms with E-state index in [1.54, 1.807) is 18.0 Å². The van der Waals surface area contributed by atoms with Gasteiger partial charge in [0.25, 0.3) is 0 Å². The molecule has 0 aliphatic heterocycles. The number of pyridine rings is 1. The molecule has 0 saturated carbocycles. The fourth-order valence-electron chi connectivity index (χ4n) is 1.07.